The van der Waals surface area contributed by atoms with Crippen LogP contribution in [0.3, 0.4) is 0 Å². The molecule has 1 aliphatic heterocycles. The number of ether oxygens (including phenoxy) is 1. The van der Waals surface area contributed by atoms with Crippen LogP contribution in [-0.2, 0) is 11.2 Å². The van der Waals surface area contributed by atoms with Crippen molar-refractivity contribution in [2.24, 2.45) is 5.92 Å². The summed E-state index contributed by atoms with van der Waals surface area (Å²) in [6.45, 7) is 5.90. The maximum absolute atomic E-state index is 6.05. The Morgan fingerprint density at radius 2 is 2.40 bits per heavy atom. The molecular weight excluding hydrogens is 214 g/mol. The van der Waals surface area contributed by atoms with Crippen molar-refractivity contribution >= 4 is 11.6 Å². The molecule has 84 valence electrons. The van der Waals surface area contributed by atoms with Crippen LogP contribution in [0.15, 0.2) is 0 Å². The van der Waals surface area contributed by atoms with E-state index in [1.807, 2.05) is 4.57 Å². The van der Waals surface area contributed by atoms with E-state index in [1.54, 1.807) is 0 Å². The van der Waals surface area contributed by atoms with Gasteiger partial charge in [0.15, 0.2) is 0 Å². The standard InChI is InChI=1S/C10H16ClN3O/c1-3-9-12-13-10(11)14(9)7(2)8-4-5-15-6-8/h7-8H,3-6H2,1-2H3. The van der Waals surface area contributed by atoms with E-state index >= 15 is 0 Å². The third kappa shape index (κ3) is 2.01. The fourth-order valence-electron chi connectivity index (χ4n) is 2.09. The Balaban J connectivity index is 2.22. The van der Waals surface area contributed by atoms with E-state index in [4.69, 9.17) is 16.3 Å². The van der Waals surface area contributed by atoms with Crippen LogP contribution in [0, 0.1) is 5.92 Å². The molecule has 0 spiro atoms. The Bertz CT molecular complexity index is 333. The van der Waals surface area contributed by atoms with E-state index in [0.29, 0.717) is 17.2 Å². The fraction of sp³-hybridized carbons (Fsp3) is 0.800. The molecule has 5 heteroatoms. The van der Waals surface area contributed by atoms with Crippen LogP contribution in [-0.4, -0.2) is 28.0 Å². The summed E-state index contributed by atoms with van der Waals surface area (Å²) >= 11 is 6.05. The summed E-state index contributed by atoms with van der Waals surface area (Å²) in [6.07, 6.45) is 1.95. The van der Waals surface area contributed by atoms with Gasteiger partial charge in [-0.25, -0.2) is 0 Å². The monoisotopic (exact) mass is 229 g/mol. The second-order valence-corrected chi connectivity index (χ2v) is 4.31. The van der Waals surface area contributed by atoms with E-state index in [0.717, 1.165) is 31.9 Å². The van der Waals surface area contributed by atoms with Crippen LogP contribution in [0.1, 0.15) is 32.1 Å². The molecule has 0 amide bonds. The molecule has 0 saturated carbocycles. The van der Waals surface area contributed by atoms with Crippen molar-refractivity contribution < 1.29 is 4.74 Å². The van der Waals surface area contributed by atoms with Crippen LogP contribution in [0.2, 0.25) is 5.28 Å². The highest BCUT2D eigenvalue weighted by atomic mass is 35.5. The zero-order valence-electron chi connectivity index (χ0n) is 9.11. The second-order valence-electron chi connectivity index (χ2n) is 3.97. The van der Waals surface area contributed by atoms with E-state index in [-0.39, 0.29) is 0 Å². The molecule has 2 atom stereocenters. The third-order valence-corrected chi connectivity index (χ3v) is 3.35. The molecule has 2 heterocycles. The van der Waals surface area contributed by atoms with E-state index in [2.05, 4.69) is 24.0 Å². The lowest BCUT2D eigenvalue weighted by molar-refractivity contribution is 0.174. The van der Waals surface area contributed by atoms with Gasteiger partial charge in [0.2, 0.25) is 5.28 Å². The Morgan fingerprint density at radius 3 is 3.00 bits per heavy atom. The molecule has 4 nitrogen and oxygen atoms in total. The first kappa shape index (κ1) is 10.9. The van der Waals surface area contributed by atoms with Crippen LogP contribution < -0.4 is 0 Å². The number of halogens is 1. The van der Waals surface area contributed by atoms with E-state index in [9.17, 15) is 0 Å². The largest absolute Gasteiger partial charge is 0.381 e. The number of hydrogen-bond acceptors (Lipinski definition) is 3. The highest BCUT2D eigenvalue weighted by molar-refractivity contribution is 6.28. The van der Waals surface area contributed by atoms with Crippen molar-refractivity contribution in [3.05, 3.63) is 11.1 Å². The van der Waals surface area contributed by atoms with Gasteiger partial charge in [-0.1, -0.05) is 6.92 Å². The summed E-state index contributed by atoms with van der Waals surface area (Å²) in [7, 11) is 0. The topological polar surface area (TPSA) is 39.9 Å². The molecule has 0 aromatic carbocycles. The quantitative estimate of drug-likeness (QED) is 0.797. The first-order valence-electron chi connectivity index (χ1n) is 5.41. The molecule has 2 unspecified atom stereocenters. The zero-order valence-corrected chi connectivity index (χ0v) is 9.87. The number of hydrogen-bond donors (Lipinski definition) is 0. The van der Waals surface area contributed by atoms with Crippen molar-refractivity contribution in [1.29, 1.82) is 0 Å². The van der Waals surface area contributed by atoms with E-state index < -0.39 is 0 Å². The molecule has 15 heavy (non-hydrogen) atoms. The Morgan fingerprint density at radius 1 is 1.60 bits per heavy atom. The molecule has 0 N–H and O–H groups in total. The van der Waals surface area contributed by atoms with Crippen LogP contribution >= 0.6 is 11.6 Å². The van der Waals surface area contributed by atoms with Gasteiger partial charge in [0.25, 0.3) is 0 Å². The van der Waals surface area contributed by atoms with Gasteiger partial charge in [0.1, 0.15) is 5.82 Å². The van der Waals surface area contributed by atoms with Crippen LogP contribution in [0.25, 0.3) is 0 Å². The minimum Gasteiger partial charge on any atom is -0.381 e. The van der Waals surface area contributed by atoms with Crippen molar-refractivity contribution in [1.82, 2.24) is 14.8 Å². The lowest BCUT2D eigenvalue weighted by Crippen LogP contribution is -2.19. The Hall–Kier alpha value is -0.610. The smallest absolute Gasteiger partial charge is 0.225 e. The van der Waals surface area contributed by atoms with Gasteiger partial charge >= 0.3 is 0 Å². The third-order valence-electron chi connectivity index (χ3n) is 3.10. The predicted octanol–water partition coefficient (Wildman–Crippen LogP) is 2.09. The van der Waals surface area contributed by atoms with Gasteiger partial charge < -0.3 is 4.74 Å². The summed E-state index contributed by atoms with van der Waals surface area (Å²) in [6, 6.07) is 0.324. The van der Waals surface area contributed by atoms with Gasteiger partial charge in [0.05, 0.1) is 6.61 Å². The molecule has 1 aliphatic rings. The summed E-state index contributed by atoms with van der Waals surface area (Å²) < 4.78 is 7.42. The normalized spacial score (nSPS) is 23.3. The molecule has 1 aromatic rings. The fourth-order valence-corrected chi connectivity index (χ4v) is 2.38. The summed E-state index contributed by atoms with van der Waals surface area (Å²) in [4.78, 5) is 0. The number of aryl methyl sites for hydroxylation is 1. The minimum atomic E-state index is 0.324. The first-order chi connectivity index (χ1) is 7.24. The molecule has 0 radical (unpaired) electrons. The Kier molecular flexibility index (Phi) is 3.26. The predicted molar refractivity (Wildman–Crippen MR) is 58.0 cm³/mol. The summed E-state index contributed by atoms with van der Waals surface area (Å²) in [5.41, 5.74) is 0. The number of nitrogens with zero attached hydrogens (tertiary/aromatic N) is 3. The first-order valence-corrected chi connectivity index (χ1v) is 5.78. The van der Waals surface area contributed by atoms with Gasteiger partial charge in [-0.3, -0.25) is 4.57 Å². The SMILES string of the molecule is CCc1nnc(Cl)n1C(C)C1CCOC1. The highest BCUT2D eigenvalue weighted by Gasteiger charge is 2.26. The Labute approximate surface area is 94.6 Å². The lowest BCUT2D eigenvalue weighted by Gasteiger charge is -2.21. The average Bonchev–Trinajstić information content (AvgIpc) is 2.85. The number of aromatic nitrogens is 3. The number of rotatable bonds is 3. The van der Waals surface area contributed by atoms with Crippen molar-refractivity contribution in [2.45, 2.75) is 32.7 Å². The molecule has 1 saturated heterocycles. The molecule has 2 rings (SSSR count). The maximum atomic E-state index is 6.05. The van der Waals surface area contributed by atoms with Gasteiger partial charge in [0, 0.05) is 25.0 Å². The lowest BCUT2D eigenvalue weighted by atomic mass is 10.0. The zero-order chi connectivity index (χ0) is 10.8. The second kappa shape index (κ2) is 4.49. The summed E-state index contributed by atoms with van der Waals surface area (Å²) in [5.74, 6) is 1.49. The molecule has 0 aliphatic carbocycles. The van der Waals surface area contributed by atoms with Gasteiger partial charge in [-0.05, 0) is 24.9 Å². The molecule has 1 aromatic heterocycles. The molecule has 0 bridgehead atoms. The van der Waals surface area contributed by atoms with Crippen LogP contribution in [0.4, 0.5) is 0 Å². The van der Waals surface area contributed by atoms with Gasteiger partial charge in [-0.15, -0.1) is 10.2 Å². The van der Waals surface area contributed by atoms with Gasteiger partial charge in [-0.2, -0.15) is 0 Å². The van der Waals surface area contributed by atoms with E-state index in [1.165, 1.54) is 0 Å². The van der Waals surface area contributed by atoms with Crippen molar-refractivity contribution in [2.75, 3.05) is 13.2 Å². The van der Waals surface area contributed by atoms with Crippen LogP contribution in [0.5, 0.6) is 0 Å². The molecule has 1 fully saturated rings. The maximum Gasteiger partial charge on any atom is 0.225 e. The summed E-state index contributed by atoms with van der Waals surface area (Å²) in [5, 5.41) is 8.48. The minimum absolute atomic E-state index is 0.324. The van der Waals surface area contributed by atoms with Crippen molar-refractivity contribution in [3.8, 4) is 0 Å². The van der Waals surface area contributed by atoms with Crippen molar-refractivity contribution in [3.63, 3.8) is 0 Å². The average molecular weight is 230 g/mol. The highest BCUT2D eigenvalue weighted by Crippen LogP contribution is 2.29. The molecular formula is C10H16ClN3O.